The molecular weight excluding hydrogens is 244 g/mol. The first-order chi connectivity index (χ1) is 9.63. The summed E-state index contributed by atoms with van der Waals surface area (Å²) in [5.41, 5.74) is 3.01. The van der Waals surface area contributed by atoms with E-state index in [1.165, 1.54) is 49.8 Å². The molecule has 5 rings (SSSR count). The number of aryl methyl sites for hydroxylation is 1. The van der Waals surface area contributed by atoms with E-state index in [1.54, 1.807) is 0 Å². The van der Waals surface area contributed by atoms with Gasteiger partial charge in [0.25, 0.3) is 0 Å². The molecular formula is C18H26N2. The van der Waals surface area contributed by atoms with Crippen molar-refractivity contribution in [2.24, 2.45) is 23.2 Å². The van der Waals surface area contributed by atoms with Crippen LogP contribution in [0.5, 0.6) is 0 Å². The monoisotopic (exact) mass is 270 g/mol. The van der Waals surface area contributed by atoms with Gasteiger partial charge in [0, 0.05) is 18.4 Å². The highest BCUT2D eigenvalue weighted by Gasteiger charge is 2.53. The molecule has 0 spiro atoms. The molecule has 1 heterocycles. The fourth-order valence-electron chi connectivity index (χ4n) is 5.74. The molecule has 4 fully saturated rings. The molecule has 4 bridgehead atoms. The predicted molar refractivity (Wildman–Crippen MR) is 82.7 cm³/mol. The van der Waals surface area contributed by atoms with Crippen LogP contribution in [-0.4, -0.2) is 11.0 Å². The third-order valence-corrected chi connectivity index (χ3v) is 6.26. The van der Waals surface area contributed by atoms with E-state index in [-0.39, 0.29) is 0 Å². The largest absolute Gasteiger partial charge is 0.381 e. The molecule has 4 aliphatic rings. The number of hydrogen-bond acceptors (Lipinski definition) is 2. The molecule has 2 heteroatoms. The van der Waals surface area contributed by atoms with Crippen molar-refractivity contribution in [3.8, 4) is 0 Å². The molecule has 0 amide bonds. The second-order valence-electron chi connectivity index (χ2n) is 7.90. The van der Waals surface area contributed by atoms with E-state index in [2.05, 4.69) is 30.2 Å². The number of hydrogen-bond donors (Lipinski definition) is 1. The van der Waals surface area contributed by atoms with Crippen LogP contribution in [0.1, 0.15) is 51.0 Å². The van der Waals surface area contributed by atoms with Gasteiger partial charge in [-0.3, -0.25) is 4.98 Å². The molecule has 1 unspecified atom stereocenters. The Morgan fingerprint density at radius 3 is 2.25 bits per heavy atom. The lowest BCUT2D eigenvalue weighted by Gasteiger charge is -2.59. The summed E-state index contributed by atoms with van der Waals surface area (Å²) < 4.78 is 0. The van der Waals surface area contributed by atoms with Gasteiger partial charge in [0.1, 0.15) is 0 Å². The summed E-state index contributed by atoms with van der Waals surface area (Å²) in [7, 11) is 0. The molecule has 1 aromatic heterocycles. The quantitative estimate of drug-likeness (QED) is 0.880. The molecule has 4 saturated carbocycles. The van der Waals surface area contributed by atoms with Gasteiger partial charge in [-0.2, -0.15) is 0 Å². The molecule has 4 aliphatic carbocycles. The zero-order chi connectivity index (χ0) is 13.7. The van der Waals surface area contributed by atoms with Gasteiger partial charge >= 0.3 is 0 Å². The summed E-state index contributed by atoms with van der Waals surface area (Å²) in [6, 6.07) is 2.81. The lowest BCUT2D eigenvalue weighted by Crippen LogP contribution is -2.52. The number of aromatic nitrogens is 1. The van der Waals surface area contributed by atoms with Crippen molar-refractivity contribution in [2.45, 2.75) is 58.4 Å². The maximum atomic E-state index is 4.32. The minimum Gasteiger partial charge on any atom is -0.381 e. The fraction of sp³-hybridized carbons (Fsp3) is 0.722. The zero-order valence-corrected chi connectivity index (χ0v) is 12.7. The summed E-state index contributed by atoms with van der Waals surface area (Å²) in [6.45, 7) is 4.53. The average molecular weight is 270 g/mol. The van der Waals surface area contributed by atoms with Crippen LogP contribution in [0, 0.1) is 30.1 Å². The van der Waals surface area contributed by atoms with Gasteiger partial charge in [0.15, 0.2) is 0 Å². The number of pyridine rings is 1. The van der Waals surface area contributed by atoms with Crippen molar-refractivity contribution >= 4 is 5.69 Å². The van der Waals surface area contributed by atoms with Crippen molar-refractivity contribution in [3.63, 3.8) is 0 Å². The van der Waals surface area contributed by atoms with E-state index >= 15 is 0 Å². The standard InChI is InChI=1S/C18H26N2/c1-12-3-17(11-19-10-12)20-13(2)18-7-14-4-15(8-18)6-16(5-14)9-18/h3,10-11,13-16,20H,4-9H2,1-2H3. The van der Waals surface area contributed by atoms with Crippen molar-refractivity contribution in [1.82, 2.24) is 4.98 Å². The highest BCUT2D eigenvalue weighted by molar-refractivity contribution is 5.44. The van der Waals surface area contributed by atoms with Crippen molar-refractivity contribution in [2.75, 3.05) is 5.32 Å². The lowest BCUT2D eigenvalue weighted by molar-refractivity contribution is -0.0602. The lowest BCUT2D eigenvalue weighted by atomic mass is 9.48. The van der Waals surface area contributed by atoms with Crippen LogP contribution < -0.4 is 5.32 Å². The molecule has 0 saturated heterocycles. The molecule has 1 atom stereocenters. The Morgan fingerprint density at radius 2 is 1.70 bits per heavy atom. The zero-order valence-electron chi connectivity index (χ0n) is 12.7. The number of rotatable bonds is 3. The second-order valence-corrected chi connectivity index (χ2v) is 7.90. The van der Waals surface area contributed by atoms with E-state index in [0.717, 1.165) is 17.8 Å². The van der Waals surface area contributed by atoms with Gasteiger partial charge in [0.2, 0.25) is 0 Å². The van der Waals surface area contributed by atoms with E-state index in [1.807, 2.05) is 12.4 Å². The maximum Gasteiger partial charge on any atom is 0.0531 e. The molecule has 20 heavy (non-hydrogen) atoms. The number of nitrogens with one attached hydrogen (secondary N) is 1. The third-order valence-electron chi connectivity index (χ3n) is 6.26. The maximum absolute atomic E-state index is 4.32. The second kappa shape index (κ2) is 4.47. The van der Waals surface area contributed by atoms with Crippen LogP contribution in [0.2, 0.25) is 0 Å². The topological polar surface area (TPSA) is 24.9 Å². The summed E-state index contributed by atoms with van der Waals surface area (Å²) in [5, 5.41) is 3.78. The van der Waals surface area contributed by atoms with E-state index in [9.17, 15) is 0 Å². The Bertz CT molecular complexity index is 473. The predicted octanol–water partition coefficient (Wildman–Crippen LogP) is 4.41. The van der Waals surface area contributed by atoms with E-state index in [0.29, 0.717) is 11.5 Å². The molecule has 108 valence electrons. The smallest absolute Gasteiger partial charge is 0.0531 e. The van der Waals surface area contributed by atoms with Crippen LogP contribution in [0.25, 0.3) is 0 Å². The van der Waals surface area contributed by atoms with Gasteiger partial charge in [-0.15, -0.1) is 0 Å². The first-order valence-corrected chi connectivity index (χ1v) is 8.31. The Kier molecular flexibility index (Phi) is 2.84. The third kappa shape index (κ3) is 2.04. The molecule has 0 aliphatic heterocycles. The minimum absolute atomic E-state index is 0.568. The van der Waals surface area contributed by atoms with Gasteiger partial charge in [-0.25, -0.2) is 0 Å². The van der Waals surface area contributed by atoms with E-state index < -0.39 is 0 Å². The Hall–Kier alpha value is -1.05. The number of nitrogens with zero attached hydrogens (tertiary/aromatic N) is 1. The van der Waals surface area contributed by atoms with Crippen LogP contribution in [0.3, 0.4) is 0 Å². The first kappa shape index (κ1) is 12.7. The fourth-order valence-corrected chi connectivity index (χ4v) is 5.74. The van der Waals surface area contributed by atoms with Crippen molar-refractivity contribution in [3.05, 3.63) is 24.0 Å². The van der Waals surface area contributed by atoms with Crippen LogP contribution in [0.4, 0.5) is 5.69 Å². The van der Waals surface area contributed by atoms with Crippen molar-refractivity contribution in [1.29, 1.82) is 0 Å². The first-order valence-electron chi connectivity index (χ1n) is 8.31. The normalized spacial score (nSPS) is 39.8. The summed E-state index contributed by atoms with van der Waals surface area (Å²) in [5.74, 6) is 3.09. The minimum atomic E-state index is 0.568. The van der Waals surface area contributed by atoms with Crippen LogP contribution in [0.15, 0.2) is 18.5 Å². The van der Waals surface area contributed by atoms with E-state index in [4.69, 9.17) is 0 Å². The Balaban J connectivity index is 1.54. The van der Waals surface area contributed by atoms with Gasteiger partial charge in [-0.1, -0.05) is 0 Å². The molecule has 1 aromatic rings. The van der Waals surface area contributed by atoms with Gasteiger partial charge < -0.3 is 5.32 Å². The Labute approximate surface area is 122 Å². The van der Waals surface area contributed by atoms with Gasteiger partial charge in [0.05, 0.1) is 5.69 Å². The van der Waals surface area contributed by atoms with Gasteiger partial charge in [-0.05, 0) is 87.2 Å². The SMILES string of the molecule is Cc1cncc(NC(C)C23CC4CC(CC(C4)C2)C3)c1. The summed E-state index contributed by atoms with van der Waals surface area (Å²) in [6.07, 6.45) is 12.9. The highest BCUT2D eigenvalue weighted by atomic mass is 15.0. The summed E-state index contributed by atoms with van der Waals surface area (Å²) in [4.78, 5) is 4.32. The average Bonchev–Trinajstić information content (AvgIpc) is 2.37. The van der Waals surface area contributed by atoms with Crippen LogP contribution in [-0.2, 0) is 0 Å². The summed E-state index contributed by atoms with van der Waals surface area (Å²) >= 11 is 0. The van der Waals surface area contributed by atoms with Crippen LogP contribution >= 0.6 is 0 Å². The number of anilines is 1. The molecule has 0 aromatic carbocycles. The molecule has 1 N–H and O–H groups in total. The molecule has 0 radical (unpaired) electrons. The highest BCUT2D eigenvalue weighted by Crippen LogP contribution is 2.61. The molecule has 2 nitrogen and oxygen atoms in total. The van der Waals surface area contributed by atoms with Crippen molar-refractivity contribution < 1.29 is 0 Å². The Morgan fingerprint density at radius 1 is 1.10 bits per heavy atom.